The highest BCUT2D eigenvalue weighted by Crippen LogP contribution is 2.19. The zero-order valence-corrected chi connectivity index (χ0v) is 13.7. The summed E-state index contributed by atoms with van der Waals surface area (Å²) in [6.45, 7) is 0. The van der Waals surface area contributed by atoms with E-state index in [1.165, 1.54) is 12.3 Å². The smallest absolute Gasteiger partial charge is 0.267 e. The summed E-state index contributed by atoms with van der Waals surface area (Å²) < 4.78 is 0. The minimum atomic E-state index is -0.495. The van der Waals surface area contributed by atoms with E-state index in [-0.39, 0.29) is 11.6 Å². The van der Waals surface area contributed by atoms with Crippen LogP contribution in [0.2, 0.25) is 0 Å². The highest BCUT2D eigenvalue weighted by molar-refractivity contribution is 5.95. The van der Waals surface area contributed by atoms with Gasteiger partial charge in [0.2, 0.25) is 0 Å². The van der Waals surface area contributed by atoms with Gasteiger partial charge in [-0.25, -0.2) is 5.43 Å². The van der Waals surface area contributed by atoms with Gasteiger partial charge in [-0.1, -0.05) is 54.6 Å². The number of hydrogen-bond acceptors (Lipinski definition) is 4. The molecule has 0 aliphatic rings. The Bertz CT molecular complexity index is 952. The van der Waals surface area contributed by atoms with Gasteiger partial charge in [-0.2, -0.15) is 5.10 Å². The molecule has 0 aliphatic heterocycles. The van der Waals surface area contributed by atoms with E-state index in [1.54, 1.807) is 30.3 Å². The molecule has 0 saturated heterocycles. The molecule has 0 saturated carbocycles. The van der Waals surface area contributed by atoms with E-state index in [2.05, 4.69) is 10.5 Å². The minimum absolute atomic E-state index is 0.0716. The van der Waals surface area contributed by atoms with Crippen LogP contribution in [0.4, 0.5) is 5.69 Å². The summed E-state index contributed by atoms with van der Waals surface area (Å²) >= 11 is 0. The Balaban J connectivity index is 1.68. The van der Waals surface area contributed by atoms with E-state index in [0.29, 0.717) is 11.1 Å². The molecule has 0 bridgehead atoms. The van der Waals surface area contributed by atoms with Crippen molar-refractivity contribution >= 4 is 17.8 Å². The van der Waals surface area contributed by atoms with Crippen molar-refractivity contribution in [3.05, 3.63) is 100 Å². The number of nitro groups is 1. The Hall–Kier alpha value is -3.80. The topological polar surface area (TPSA) is 84.6 Å². The number of rotatable bonds is 5. The number of nitrogens with one attached hydrogen (secondary N) is 1. The van der Waals surface area contributed by atoms with Crippen LogP contribution in [0.5, 0.6) is 0 Å². The Morgan fingerprint density at radius 2 is 1.50 bits per heavy atom. The number of carbonyl (C=O) groups excluding carboxylic acids is 1. The van der Waals surface area contributed by atoms with Crippen molar-refractivity contribution in [1.82, 2.24) is 5.43 Å². The van der Waals surface area contributed by atoms with E-state index in [0.717, 1.165) is 11.1 Å². The predicted octanol–water partition coefficient (Wildman–Crippen LogP) is 4.03. The molecule has 0 aliphatic carbocycles. The molecule has 0 spiro atoms. The Labute approximate surface area is 150 Å². The first-order valence-corrected chi connectivity index (χ1v) is 7.87. The quantitative estimate of drug-likeness (QED) is 0.430. The number of benzene rings is 3. The van der Waals surface area contributed by atoms with Crippen molar-refractivity contribution < 1.29 is 9.72 Å². The lowest BCUT2D eigenvalue weighted by Gasteiger charge is -2.03. The molecular formula is C20H15N3O3. The van der Waals surface area contributed by atoms with Gasteiger partial charge in [0.15, 0.2) is 0 Å². The van der Waals surface area contributed by atoms with E-state index < -0.39 is 4.92 Å². The first-order chi connectivity index (χ1) is 12.6. The van der Waals surface area contributed by atoms with Gasteiger partial charge in [0.05, 0.1) is 16.7 Å². The molecule has 0 heterocycles. The molecule has 128 valence electrons. The largest absolute Gasteiger partial charge is 0.278 e. The van der Waals surface area contributed by atoms with E-state index in [4.69, 9.17) is 0 Å². The van der Waals surface area contributed by atoms with Gasteiger partial charge in [-0.05, 0) is 29.3 Å². The number of hydrazone groups is 1. The van der Waals surface area contributed by atoms with Crippen LogP contribution in [-0.4, -0.2) is 17.0 Å². The number of amides is 1. The number of hydrogen-bond donors (Lipinski definition) is 1. The summed E-state index contributed by atoms with van der Waals surface area (Å²) in [6.07, 6.45) is 1.26. The normalized spacial score (nSPS) is 10.6. The van der Waals surface area contributed by atoms with Crippen molar-refractivity contribution in [2.24, 2.45) is 5.10 Å². The maximum atomic E-state index is 12.1. The van der Waals surface area contributed by atoms with Crippen LogP contribution in [0, 0.1) is 10.1 Å². The van der Waals surface area contributed by atoms with Crippen LogP contribution in [-0.2, 0) is 0 Å². The second-order valence-corrected chi connectivity index (χ2v) is 5.46. The maximum absolute atomic E-state index is 12.1. The highest BCUT2D eigenvalue weighted by atomic mass is 16.6. The Morgan fingerprint density at radius 3 is 2.19 bits per heavy atom. The van der Waals surface area contributed by atoms with E-state index in [9.17, 15) is 14.9 Å². The van der Waals surface area contributed by atoms with Crippen LogP contribution >= 0.6 is 0 Å². The summed E-state index contributed by atoms with van der Waals surface area (Å²) in [7, 11) is 0. The lowest BCUT2D eigenvalue weighted by molar-refractivity contribution is -0.385. The molecule has 0 atom stereocenters. The Kier molecular flexibility index (Phi) is 5.14. The second kappa shape index (κ2) is 7.85. The number of carbonyl (C=O) groups is 1. The van der Waals surface area contributed by atoms with Gasteiger partial charge in [0, 0.05) is 11.6 Å². The van der Waals surface area contributed by atoms with Crippen LogP contribution in [0.3, 0.4) is 0 Å². The van der Waals surface area contributed by atoms with Gasteiger partial charge in [-0.3, -0.25) is 14.9 Å². The monoisotopic (exact) mass is 345 g/mol. The Morgan fingerprint density at radius 1 is 0.885 bits per heavy atom. The second-order valence-electron chi connectivity index (χ2n) is 5.46. The molecule has 1 amide bonds. The van der Waals surface area contributed by atoms with Gasteiger partial charge in [0.25, 0.3) is 11.6 Å². The van der Waals surface area contributed by atoms with E-state index >= 15 is 0 Å². The number of nitro benzene ring substituents is 1. The van der Waals surface area contributed by atoms with Crippen molar-refractivity contribution in [2.45, 2.75) is 0 Å². The summed E-state index contributed by atoms with van der Waals surface area (Å²) in [6, 6.07) is 23.1. The van der Waals surface area contributed by atoms with Crippen LogP contribution < -0.4 is 5.43 Å². The third-order valence-electron chi connectivity index (χ3n) is 3.76. The molecule has 0 unspecified atom stereocenters. The molecule has 3 aromatic rings. The standard InChI is InChI=1S/C20H15N3O3/c24-20(22-21-14-18-8-4-5-9-19(18)23(25)26)17-12-10-16(11-13-17)15-6-2-1-3-7-15/h1-14H,(H,22,24)/b21-14-. The average molecular weight is 345 g/mol. The first-order valence-electron chi connectivity index (χ1n) is 7.87. The number of nitrogens with zero attached hydrogens (tertiary/aromatic N) is 2. The van der Waals surface area contributed by atoms with Gasteiger partial charge < -0.3 is 0 Å². The SMILES string of the molecule is O=C(N/N=C\c1ccccc1[N+](=O)[O-])c1ccc(-c2ccccc2)cc1. The highest BCUT2D eigenvalue weighted by Gasteiger charge is 2.10. The van der Waals surface area contributed by atoms with Gasteiger partial charge in [0.1, 0.15) is 0 Å². The molecule has 6 heteroatoms. The number of para-hydroxylation sites is 1. The fourth-order valence-electron chi connectivity index (χ4n) is 2.43. The lowest BCUT2D eigenvalue weighted by Crippen LogP contribution is -2.17. The summed E-state index contributed by atoms with van der Waals surface area (Å²) in [4.78, 5) is 22.6. The van der Waals surface area contributed by atoms with Gasteiger partial charge in [-0.15, -0.1) is 0 Å². The summed E-state index contributed by atoms with van der Waals surface area (Å²) in [5, 5.41) is 14.8. The molecule has 0 fully saturated rings. The summed E-state index contributed by atoms with van der Waals surface area (Å²) in [5.74, 6) is -0.389. The predicted molar refractivity (Wildman–Crippen MR) is 100 cm³/mol. The van der Waals surface area contributed by atoms with Crippen molar-refractivity contribution in [2.75, 3.05) is 0 Å². The molecule has 6 nitrogen and oxygen atoms in total. The zero-order chi connectivity index (χ0) is 18.4. The van der Waals surface area contributed by atoms with Gasteiger partial charge >= 0.3 is 0 Å². The molecular weight excluding hydrogens is 330 g/mol. The third-order valence-corrected chi connectivity index (χ3v) is 3.76. The fourth-order valence-corrected chi connectivity index (χ4v) is 2.43. The lowest BCUT2D eigenvalue weighted by atomic mass is 10.0. The van der Waals surface area contributed by atoms with E-state index in [1.807, 2.05) is 42.5 Å². The van der Waals surface area contributed by atoms with Crippen LogP contribution in [0.25, 0.3) is 11.1 Å². The molecule has 1 N–H and O–H groups in total. The zero-order valence-electron chi connectivity index (χ0n) is 13.7. The first kappa shape index (κ1) is 17.0. The van der Waals surface area contributed by atoms with Crippen molar-refractivity contribution in [1.29, 1.82) is 0 Å². The fraction of sp³-hybridized carbons (Fsp3) is 0. The maximum Gasteiger partial charge on any atom is 0.278 e. The van der Waals surface area contributed by atoms with Crippen molar-refractivity contribution in [3.8, 4) is 11.1 Å². The minimum Gasteiger partial charge on any atom is -0.267 e. The molecule has 26 heavy (non-hydrogen) atoms. The van der Waals surface area contributed by atoms with Crippen LogP contribution in [0.15, 0.2) is 84.0 Å². The summed E-state index contributed by atoms with van der Waals surface area (Å²) in [5.41, 5.74) is 5.14. The molecule has 3 rings (SSSR count). The molecule has 0 radical (unpaired) electrons. The molecule has 0 aromatic heterocycles. The molecule has 3 aromatic carbocycles. The average Bonchev–Trinajstić information content (AvgIpc) is 2.69. The van der Waals surface area contributed by atoms with Crippen molar-refractivity contribution in [3.63, 3.8) is 0 Å². The van der Waals surface area contributed by atoms with Crippen LogP contribution in [0.1, 0.15) is 15.9 Å². The third kappa shape index (κ3) is 3.99.